The fourth-order valence-electron chi connectivity index (χ4n) is 4.98. The number of nitrogens with zero attached hydrogens (tertiary/aromatic N) is 1. The molecular formula is C25H38NO5-. The maximum Gasteiger partial charge on any atom is 0.306 e. The molecule has 3 rings (SSSR count). The Morgan fingerprint density at radius 3 is 2.29 bits per heavy atom. The number of carboxylic acids is 1. The Balaban J connectivity index is 1.75. The molecule has 0 spiro atoms. The SMILES string of the molecule is CCC(CC)CC1CC(c2onc(C(CC(=O)[O-])CC(=O)OC(C)(C)C)c2C2CC2)C1. The Kier molecular flexibility index (Phi) is 7.48. The highest BCUT2D eigenvalue weighted by Gasteiger charge is 2.42. The zero-order chi connectivity index (χ0) is 22.8. The van der Waals surface area contributed by atoms with Crippen LogP contribution in [0.2, 0.25) is 0 Å². The number of carbonyl (C=O) groups is 2. The molecule has 0 aliphatic heterocycles. The van der Waals surface area contributed by atoms with E-state index in [1.165, 1.54) is 19.3 Å². The van der Waals surface area contributed by atoms with Crippen molar-refractivity contribution >= 4 is 11.9 Å². The predicted molar refractivity (Wildman–Crippen MR) is 115 cm³/mol. The average Bonchev–Trinajstić information content (AvgIpc) is 3.37. The van der Waals surface area contributed by atoms with Crippen molar-refractivity contribution < 1.29 is 24.0 Å². The minimum Gasteiger partial charge on any atom is -0.550 e. The van der Waals surface area contributed by atoms with E-state index >= 15 is 0 Å². The molecule has 0 saturated heterocycles. The molecule has 2 saturated carbocycles. The van der Waals surface area contributed by atoms with Gasteiger partial charge in [0.05, 0.1) is 12.1 Å². The molecule has 0 bridgehead atoms. The van der Waals surface area contributed by atoms with E-state index in [9.17, 15) is 14.7 Å². The molecule has 1 atom stereocenters. The zero-order valence-corrected chi connectivity index (χ0v) is 19.7. The van der Waals surface area contributed by atoms with Crippen molar-refractivity contribution in [2.45, 2.75) is 116 Å². The van der Waals surface area contributed by atoms with Crippen LogP contribution in [0.4, 0.5) is 0 Å². The second kappa shape index (κ2) is 9.74. The third-order valence-electron chi connectivity index (χ3n) is 6.83. The quantitative estimate of drug-likeness (QED) is 0.465. The monoisotopic (exact) mass is 432 g/mol. The summed E-state index contributed by atoms with van der Waals surface area (Å²) in [6, 6.07) is 0. The lowest BCUT2D eigenvalue weighted by atomic mass is 9.68. The molecule has 174 valence electrons. The fraction of sp³-hybridized carbons (Fsp3) is 0.800. The highest BCUT2D eigenvalue weighted by molar-refractivity contribution is 5.73. The lowest BCUT2D eigenvalue weighted by Gasteiger charge is -2.36. The summed E-state index contributed by atoms with van der Waals surface area (Å²) in [5.41, 5.74) is 1.09. The van der Waals surface area contributed by atoms with Crippen molar-refractivity contribution in [3.63, 3.8) is 0 Å². The van der Waals surface area contributed by atoms with E-state index in [1.54, 1.807) is 20.8 Å². The minimum atomic E-state index is -1.19. The van der Waals surface area contributed by atoms with Crippen LogP contribution in [0.3, 0.4) is 0 Å². The summed E-state index contributed by atoms with van der Waals surface area (Å²) in [5.74, 6) is 1.02. The zero-order valence-electron chi connectivity index (χ0n) is 19.7. The molecule has 0 N–H and O–H groups in total. The van der Waals surface area contributed by atoms with Crippen molar-refractivity contribution in [2.75, 3.05) is 0 Å². The van der Waals surface area contributed by atoms with Gasteiger partial charge in [-0.25, -0.2) is 0 Å². The van der Waals surface area contributed by atoms with E-state index < -0.39 is 23.5 Å². The van der Waals surface area contributed by atoms with Gasteiger partial charge >= 0.3 is 5.97 Å². The number of ether oxygens (including phenoxy) is 1. The highest BCUT2D eigenvalue weighted by atomic mass is 16.6. The standard InChI is InChI=1S/C25H39NO5/c1-6-15(7-2)10-16-11-19(12-16)24-22(17-8-9-17)23(26-31-24)18(13-20(27)28)14-21(29)30-25(3,4)5/h15-19H,6-14H2,1-5H3,(H,27,28)/p-1. The van der Waals surface area contributed by atoms with Crippen LogP contribution in [0, 0.1) is 11.8 Å². The lowest BCUT2D eigenvalue weighted by Crippen LogP contribution is -2.29. The first-order valence-corrected chi connectivity index (χ1v) is 12.0. The van der Waals surface area contributed by atoms with Gasteiger partial charge in [-0.15, -0.1) is 0 Å². The molecular weight excluding hydrogens is 394 g/mol. The van der Waals surface area contributed by atoms with E-state index in [1.807, 2.05) is 0 Å². The summed E-state index contributed by atoms with van der Waals surface area (Å²) < 4.78 is 11.3. The smallest absolute Gasteiger partial charge is 0.306 e. The minimum absolute atomic E-state index is 0.0289. The van der Waals surface area contributed by atoms with Crippen LogP contribution in [0.15, 0.2) is 4.52 Å². The van der Waals surface area contributed by atoms with E-state index in [4.69, 9.17) is 9.26 Å². The summed E-state index contributed by atoms with van der Waals surface area (Å²) >= 11 is 0. The first-order valence-electron chi connectivity index (χ1n) is 12.0. The van der Waals surface area contributed by atoms with Gasteiger partial charge in [-0.05, 0) is 77.0 Å². The Hall–Kier alpha value is -1.85. The Labute approximate surface area is 186 Å². The van der Waals surface area contributed by atoms with Gasteiger partial charge < -0.3 is 19.2 Å². The third-order valence-corrected chi connectivity index (χ3v) is 6.83. The fourth-order valence-corrected chi connectivity index (χ4v) is 4.98. The topological polar surface area (TPSA) is 92.5 Å². The normalized spacial score (nSPS) is 22.3. The summed E-state index contributed by atoms with van der Waals surface area (Å²) in [6.45, 7) is 9.94. The number of aliphatic carboxylic acids is 1. The van der Waals surface area contributed by atoms with E-state index in [0.29, 0.717) is 17.5 Å². The van der Waals surface area contributed by atoms with Gasteiger partial charge in [0.25, 0.3) is 0 Å². The largest absolute Gasteiger partial charge is 0.550 e. The van der Waals surface area contributed by atoms with Crippen molar-refractivity contribution in [3.05, 3.63) is 17.0 Å². The van der Waals surface area contributed by atoms with Crippen LogP contribution in [0.1, 0.15) is 127 Å². The van der Waals surface area contributed by atoms with Crippen molar-refractivity contribution in [1.29, 1.82) is 0 Å². The number of rotatable bonds is 11. The number of carbonyl (C=O) groups excluding carboxylic acids is 2. The second-order valence-electron chi connectivity index (χ2n) is 10.6. The summed E-state index contributed by atoms with van der Waals surface area (Å²) in [5, 5.41) is 15.8. The molecule has 0 radical (unpaired) electrons. The van der Waals surface area contributed by atoms with Crippen molar-refractivity contribution in [3.8, 4) is 0 Å². The van der Waals surface area contributed by atoms with E-state index in [0.717, 1.165) is 48.8 Å². The first kappa shape index (κ1) is 23.8. The molecule has 2 aliphatic carbocycles. The van der Waals surface area contributed by atoms with Crippen molar-refractivity contribution in [1.82, 2.24) is 5.16 Å². The second-order valence-corrected chi connectivity index (χ2v) is 10.6. The Morgan fingerprint density at radius 1 is 1.13 bits per heavy atom. The van der Waals surface area contributed by atoms with Crippen molar-refractivity contribution in [2.24, 2.45) is 11.8 Å². The van der Waals surface area contributed by atoms with Gasteiger partial charge in [0.2, 0.25) is 0 Å². The summed E-state index contributed by atoms with van der Waals surface area (Å²) in [7, 11) is 0. The number of hydrogen-bond acceptors (Lipinski definition) is 6. The molecule has 1 aromatic rings. The van der Waals surface area contributed by atoms with Crippen LogP contribution < -0.4 is 5.11 Å². The molecule has 1 aromatic heterocycles. The number of carboxylic acid groups (broad SMARTS) is 1. The third kappa shape index (κ3) is 6.33. The number of hydrogen-bond donors (Lipinski definition) is 0. The first-order chi connectivity index (χ1) is 14.6. The number of aromatic nitrogens is 1. The van der Waals surface area contributed by atoms with Crippen LogP contribution in [-0.2, 0) is 14.3 Å². The van der Waals surface area contributed by atoms with Gasteiger partial charge in [-0.2, -0.15) is 0 Å². The highest BCUT2D eigenvalue weighted by Crippen LogP contribution is 2.53. The summed E-state index contributed by atoms with van der Waals surface area (Å²) in [6.07, 6.45) is 7.80. The lowest BCUT2D eigenvalue weighted by molar-refractivity contribution is -0.306. The van der Waals surface area contributed by atoms with Crippen LogP contribution in [-0.4, -0.2) is 22.7 Å². The van der Waals surface area contributed by atoms with Crippen LogP contribution in [0.25, 0.3) is 0 Å². The maximum absolute atomic E-state index is 12.4. The molecule has 1 heterocycles. The predicted octanol–water partition coefficient (Wildman–Crippen LogP) is 4.83. The molecule has 2 fully saturated rings. The van der Waals surface area contributed by atoms with E-state index in [2.05, 4.69) is 19.0 Å². The molecule has 6 heteroatoms. The van der Waals surface area contributed by atoms with Gasteiger partial charge in [-0.1, -0.05) is 31.8 Å². The molecule has 0 aromatic carbocycles. The molecule has 2 aliphatic rings. The number of esters is 1. The van der Waals surface area contributed by atoms with Gasteiger partial charge in [0.1, 0.15) is 11.4 Å². The van der Waals surface area contributed by atoms with Crippen LogP contribution >= 0.6 is 0 Å². The average molecular weight is 433 g/mol. The molecule has 6 nitrogen and oxygen atoms in total. The van der Waals surface area contributed by atoms with E-state index in [-0.39, 0.29) is 12.8 Å². The Bertz CT molecular complexity index is 763. The van der Waals surface area contributed by atoms with Gasteiger partial charge in [0, 0.05) is 23.4 Å². The molecule has 0 amide bonds. The Morgan fingerprint density at radius 2 is 1.77 bits per heavy atom. The molecule has 1 unspecified atom stereocenters. The summed E-state index contributed by atoms with van der Waals surface area (Å²) in [4.78, 5) is 23.9. The molecule has 31 heavy (non-hydrogen) atoms. The maximum atomic E-state index is 12.4. The van der Waals surface area contributed by atoms with Gasteiger partial charge in [-0.3, -0.25) is 4.79 Å². The van der Waals surface area contributed by atoms with Crippen LogP contribution in [0.5, 0.6) is 0 Å². The van der Waals surface area contributed by atoms with Gasteiger partial charge in [0.15, 0.2) is 0 Å².